The fourth-order valence-corrected chi connectivity index (χ4v) is 7.47. The van der Waals surface area contributed by atoms with Crippen molar-refractivity contribution >= 4 is 39.3 Å². The standard InChI is InChI=1S/C21H25N5O3S2/c27-20-24-19(23-16-5-1-2-6-16)21(26(20)17-7-3-11-22-15-17)9-12-25(13-10-21)31(28,29)18-8-4-14-30-18/h3-4,7-8,11,14-16H,1-2,5-6,9-10,12-13H2,(H-,23,24,27,28,29). The summed E-state index contributed by atoms with van der Waals surface area (Å²) >= 11 is 1.23. The van der Waals surface area contributed by atoms with E-state index in [0.717, 1.165) is 25.7 Å². The first-order valence-electron chi connectivity index (χ1n) is 10.6. The molecule has 1 atom stereocenters. The maximum absolute atomic E-state index is 13.1. The molecule has 5 rings (SSSR count). The number of sulfonamides is 1. The highest BCUT2D eigenvalue weighted by Gasteiger charge is 2.55. The number of amidine groups is 1. The van der Waals surface area contributed by atoms with Crippen LogP contribution in [-0.4, -0.2) is 50.4 Å². The SMILES string of the molecule is O=C1NC(=NC2CCCC2)C2(CCN([S+](=O)([O-])c3cccs3)CC2)N1c1cccnc1. The summed E-state index contributed by atoms with van der Waals surface area (Å²) in [7, 11) is -3.52. The number of piperidine rings is 1. The van der Waals surface area contributed by atoms with Crippen LogP contribution in [0.2, 0.25) is 0 Å². The van der Waals surface area contributed by atoms with Crippen LogP contribution in [0.3, 0.4) is 0 Å². The quantitative estimate of drug-likeness (QED) is 0.708. The molecule has 31 heavy (non-hydrogen) atoms. The van der Waals surface area contributed by atoms with Gasteiger partial charge in [0.25, 0.3) is 0 Å². The van der Waals surface area contributed by atoms with E-state index in [4.69, 9.17) is 4.99 Å². The molecule has 2 aromatic heterocycles. The lowest BCUT2D eigenvalue weighted by Crippen LogP contribution is -2.58. The van der Waals surface area contributed by atoms with E-state index < -0.39 is 15.9 Å². The minimum atomic E-state index is -3.52. The molecule has 2 aromatic rings. The number of hydrogen-bond acceptors (Lipinski definition) is 6. The van der Waals surface area contributed by atoms with E-state index in [9.17, 15) is 13.6 Å². The zero-order chi connectivity index (χ0) is 21.5. The first kappa shape index (κ1) is 20.7. The van der Waals surface area contributed by atoms with Crippen LogP contribution in [0, 0.1) is 0 Å². The largest absolute Gasteiger partial charge is 0.592 e. The van der Waals surface area contributed by atoms with Crippen molar-refractivity contribution in [2.75, 3.05) is 18.0 Å². The second-order valence-corrected chi connectivity index (χ2v) is 11.4. The van der Waals surface area contributed by atoms with Crippen molar-refractivity contribution in [1.82, 2.24) is 14.6 Å². The molecule has 4 heterocycles. The van der Waals surface area contributed by atoms with Crippen LogP contribution in [0.4, 0.5) is 10.5 Å². The molecule has 1 unspecified atom stereocenters. The lowest BCUT2D eigenvalue weighted by molar-refractivity contribution is 0.240. The van der Waals surface area contributed by atoms with Crippen molar-refractivity contribution in [3.63, 3.8) is 0 Å². The number of pyridine rings is 1. The van der Waals surface area contributed by atoms with Crippen LogP contribution in [0.15, 0.2) is 51.2 Å². The van der Waals surface area contributed by atoms with Gasteiger partial charge in [0.05, 0.1) is 17.9 Å². The van der Waals surface area contributed by atoms with Gasteiger partial charge >= 0.3 is 6.03 Å². The Morgan fingerprint density at radius 1 is 1.23 bits per heavy atom. The van der Waals surface area contributed by atoms with Crippen molar-refractivity contribution in [2.24, 2.45) is 4.99 Å². The number of rotatable bonds is 4. The molecule has 0 aromatic carbocycles. The van der Waals surface area contributed by atoms with Gasteiger partial charge in [0, 0.05) is 25.4 Å². The summed E-state index contributed by atoms with van der Waals surface area (Å²) in [5, 5.41) is 4.79. The maximum Gasteiger partial charge on any atom is 0.328 e. The Morgan fingerprint density at radius 2 is 2.00 bits per heavy atom. The van der Waals surface area contributed by atoms with Gasteiger partial charge in [0.15, 0.2) is 10.4 Å². The van der Waals surface area contributed by atoms with Gasteiger partial charge in [0.2, 0.25) is 4.21 Å². The highest BCUT2D eigenvalue weighted by atomic mass is 32.3. The number of carbonyl (C=O) groups excluding carboxylic acids is 1. The Morgan fingerprint density at radius 3 is 2.65 bits per heavy atom. The summed E-state index contributed by atoms with van der Waals surface area (Å²) in [4.78, 5) is 24.0. The van der Waals surface area contributed by atoms with Crippen LogP contribution in [-0.2, 0) is 14.6 Å². The minimum Gasteiger partial charge on any atom is -0.592 e. The number of nitrogens with zero attached hydrogens (tertiary/aromatic N) is 4. The smallest absolute Gasteiger partial charge is 0.328 e. The molecule has 2 amide bonds. The molecule has 1 saturated carbocycles. The Bertz CT molecular complexity index is 1010. The predicted octanol–water partition coefficient (Wildman–Crippen LogP) is 3.45. The van der Waals surface area contributed by atoms with Crippen molar-refractivity contribution in [3.05, 3.63) is 42.0 Å². The number of nitrogens with one attached hydrogen (secondary N) is 1. The first-order valence-corrected chi connectivity index (χ1v) is 13.0. The molecular weight excluding hydrogens is 434 g/mol. The van der Waals surface area contributed by atoms with Gasteiger partial charge in [-0.1, -0.05) is 28.4 Å². The van der Waals surface area contributed by atoms with Crippen LogP contribution >= 0.6 is 11.3 Å². The Labute approximate surface area is 186 Å². The molecule has 0 bridgehead atoms. The van der Waals surface area contributed by atoms with Gasteiger partial charge in [-0.3, -0.25) is 20.2 Å². The van der Waals surface area contributed by atoms with Crippen LogP contribution < -0.4 is 10.2 Å². The minimum absolute atomic E-state index is 0.217. The van der Waals surface area contributed by atoms with E-state index >= 15 is 0 Å². The number of aliphatic imine (C=N–C) groups is 1. The molecule has 2 saturated heterocycles. The highest BCUT2D eigenvalue weighted by molar-refractivity contribution is 7.97. The summed E-state index contributed by atoms with van der Waals surface area (Å²) in [5.74, 6) is 0.682. The summed E-state index contributed by atoms with van der Waals surface area (Å²) in [6.45, 7) is 0.658. The van der Waals surface area contributed by atoms with Gasteiger partial charge in [-0.2, -0.15) is 0 Å². The molecule has 2 aliphatic heterocycles. The van der Waals surface area contributed by atoms with Gasteiger partial charge in [-0.15, -0.1) is 4.31 Å². The van der Waals surface area contributed by atoms with Crippen LogP contribution in [0.1, 0.15) is 38.5 Å². The molecular formula is C21H25N5O3S2. The van der Waals surface area contributed by atoms with Crippen molar-refractivity contribution in [1.29, 1.82) is 0 Å². The summed E-state index contributed by atoms with van der Waals surface area (Å²) in [5.41, 5.74) is 0.0238. The molecule has 1 aliphatic carbocycles. The van der Waals surface area contributed by atoms with E-state index in [1.165, 1.54) is 15.6 Å². The number of aromatic nitrogens is 1. The van der Waals surface area contributed by atoms with Gasteiger partial charge < -0.3 is 4.55 Å². The molecule has 3 aliphatic rings. The zero-order valence-corrected chi connectivity index (χ0v) is 18.7. The first-order chi connectivity index (χ1) is 15.0. The van der Waals surface area contributed by atoms with Crippen LogP contribution in [0.25, 0.3) is 0 Å². The third kappa shape index (κ3) is 3.61. The summed E-state index contributed by atoms with van der Waals surface area (Å²) < 4.78 is 27.9. The van der Waals surface area contributed by atoms with E-state index in [1.807, 2.05) is 6.07 Å². The number of carbonyl (C=O) groups is 1. The summed E-state index contributed by atoms with van der Waals surface area (Å²) in [6.07, 6.45) is 8.68. The maximum atomic E-state index is 13.1. The van der Waals surface area contributed by atoms with Gasteiger partial charge in [-0.05, 0) is 49.3 Å². The van der Waals surface area contributed by atoms with Crippen molar-refractivity contribution in [3.8, 4) is 0 Å². The average Bonchev–Trinajstić information content (AvgIpc) is 3.52. The number of hydrogen-bond donors (Lipinski definition) is 1. The number of amides is 2. The Hall–Kier alpha value is -2.14. The Balaban J connectivity index is 1.48. The molecule has 1 spiro atoms. The number of urea groups is 1. The number of thiophene rings is 1. The van der Waals surface area contributed by atoms with Gasteiger partial charge in [-0.25, -0.2) is 4.79 Å². The fraction of sp³-hybridized carbons (Fsp3) is 0.476. The molecule has 164 valence electrons. The van der Waals surface area contributed by atoms with E-state index in [1.54, 1.807) is 40.9 Å². The normalized spacial score (nSPS) is 25.3. The summed E-state index contributed by atoms with van der Waals surface area (Å²) in [6, 6.07) is 7.05. The third-order valence-corrected chi connectivity index (χ3v) is 9.75. The topological polar surface area (TPSA) is 101 Å². The lowest BCUT2D eigenvalue weighted by atomic mass is 9.86. The van der Waals surface area contributed by atoms with E-state index in [0.29, 0.717) is 41.7 Å². The lowest BCUT2D eigenvalue weighted by Gasteiger charge is -2.43. The molecule has 1 N–H and O–H groups in total. The third-order valence-electron chi connectivity index (χ3n) is 6.48. The van der Waals surface area contributed by atoms with Crippen LogP contribution in [0.5, 0.6) is 0 Å². The second kappa shape index (κ2) is 8.09. The molecule has 8 nitrogen and oxygen atoms in total. The van der Waals surface area contributed by atoms with E-state index in [2.05, 4.69) is 10.3 Å². The fourth-order valence-electron chi connectivity index (χ4n) is 4.89. The molecule has 3 fully saturated rings. The van der Waals surface area contributed by atoms with E-state index in [-0.39, 0.29) is 12.1 Å². The number of anilines is 1. The highest BCUT2D eigenvalue weighted by Crippen LogP contribution is 2.40. The van der Waals surface area contributed by atoms with Gasteiger partial charge in [0.1, 0.15) is 11.4 Å². The van der Waals surface area contributed by atoms with Crippen molar-refractivity contribution in [2.45, 2.75) is 54.3 Å². The predicted molar refractivity (Wildman–Crippen MR) is 120 cm³/mol. The zero-order valence-electron chi connectivity index (χ0n) is 17.1. The second-order valence-electron chi connectivity index (χ2n) is 8.26. The monoisotopic (exact) mass is 459 g/mol. The Kier molecular flexibility index (Phi) is 5.41. The molecule has 10 heteroatoms. The molecule has 0 radical (unpaired) electrons. The van der Waals surface area contributed by atoms with Crippen molar-refractivity contribution < 1.29 is 13.6 Å². The average molecular weight is 460 g/mol.